The van der Waals surface area contributed by atoms with Crippen molar-refractivity contribution in [3.8, 4) is 5.75 Å². The summed E-state index contributed by atoms with van der Waals surface area (Å²) in [4.78, 5) is 12.8. The molecular formula is C15H20FNO3. The van der Waals surface area contributed by atoms with E-state index in [9.17, 15) is 9.18 Å². The van der Waals surface area contributed by atoms with Gasteiger partial charge >= 0.3 is 5.97 Å². The molecule has 1 atom stereocenters. The largest absolute Gasteiger partial charge is 0.496 e. The van der Waals surface area contributed by atoms with Gasteiger partial charge in [0.15, 0.2) is 0 Å². The minimum Gasteiger partial charge on any atom is -0.496 e. The molecule has 1 fully saturated rings. The number of carboxylic acids is 1. The SMILES string of the molecule is COc1cccc(F)c1C(C)N(CCC(=O)O)C1CC1. The molecule has 1 aliphatic rings. The van der Waals surface area contributed by atoms with E-state index in [1.54, 1.807) is 12.1 Å². The molecule has 0 spiro atoms. The van der Waals surface area contributed by atoms with E-state index in [1.165, 1.54) is 13.2 Å². The molecule has 0 radical (unpaired) electrons. The van der Waals surface area contributed by atoms with Crippen LogP contribution in [0.1, 0.15) is 37.8 Å². The monoisotopic (exact) mass is 281 g/mol. The number of rotatable bonds is 7. The molecule has 20 heavy (non-hydrogen) atoms. The van der Waals surface area contributed by atoms with Gasteiger partial charge in [-0.25, -0.2) is 4.39 Å². The van der Waals surface area contributed by atoms with E-state index < -0.39 is 5.97 Å². The number of carbonyl (C=O) groups is 1. The molecule has 0 amide bonds. The van der Waals surface area contributed by atoms with Gasteiger partial charge in [0.2, 0.25) is 0 Å². The first-order chi connectivity index (χ1) is 9.54. The lowest BCUT2D eigenvalue weighted by atomic mass is 10.0. The van der Waals surface area contributed by atoms with Crippen LogP contribution in [0.2, 0.25) is 0 Å². The van der Waals surface area contributed by atoms with Crippen LogP contribution in [0.15, 0.2) is 18.2 Å². The lowest BCUT2D eigenvalue weighted by Crippen LogP contribution is -2.32. The van der Waals surface area contributed by atoms with Crippen LogP contribution >= 0.6 is 0 Å². The van der Waals surface area contributed by atoms with Gasteiger partial charge in [0.05, 0.1) is 13.5 Å². The number of methoxy groups -OCH3 is 1. The van der Waals surface area contributed by atoms with Crippen molar-refractivity contribution in [1.82, 2.24) is 4.90 Å². The molecule has 4 nitrogen and oxygen atoms in total. The van der Waals surface area contributed by atoms with E-state index in [0.717, 1.165) is 12.8 Å². The lowest BCUT2D eigenvalue weighted by molar-refractivity contribution is -0.137. The van der Waals surface area contributed by atoms with Gasteiger partial charge < -0.3 is 9.84 Å². The van der Waals surface area contributed by atoms with Crippen molar-refractivity contribution < 1.29 is 19.0 Å². The standard InChI is InChI=1S/C15H20FNO3/c1-10(15-12(16)4-3-5-13(15)20-2)17(11-6-7-11)9-8-14(18)19/h3-5,10-11H,6-9H2,1-2H3,(H,18,19). The Morgan fingerprint density at radius 2 is 2.25 bits per heavy atom. The molecular weight excluding hydrogens is 261 g/mol. The number of hydrogen-bond donors (Lipinski definition) is 1. The molecule has 0 heterocycles. The summed E-state index contributed by atoms with van der Waals surface area (Å²) in [5, 5.41) is 8.85. The number of nitrogens with zero attached hydrogens (tertiary/aromatic N) is 1. The molecule has 1 aliphatic carbocycles. The maximum atomic E-state index is 14.1. The number of benzene rings is 1. The van der Waals surface area contributed by atoms with Crippen molar-refractivity contribution in [2.24, 2.45) is 0 Å². The van der Waals surface area contributed by atoms with Gasteiger partial charge in [0, 0.05) is 24.2 Å². The fourth-order valence-electron chi connectivity index (χ4n) is 2.59. The third kappa shape index (κ3) is 3.28. The first-order valence-corrected chi connectivity index (χ1v) is 6.84. The highest BCUT2D eigenvalue weighted by Gasteiger charge is 2.34. The Labute approximate surface area is 118 Å². The highest BCUT2D eigenvalue weighted by Crippen LogP contribution is 2.38. The van der Waals surface area contributed by atoms with Crippen LogP contribution < -0.4 is 4.74 Å². The van der Waals surface area contributed by atoms with Crippen LogP contribution in [0.5, 0.6) is 5.75 Å². The van der Waals surface area contributed by atoms with Crippen LogP contribution in [0, 0.1) is 5.82 Å². The summed E-state index contributed by atoms with van der Waals surface area (Å²) < 4.78 is 19.3. The summed E-state index contributed by atoms with van der Waals surface area (Å²) in [5.41, 5.74) is 0.507. The fourth-order valence-corrected chi connectivity index (χ4v) is 2.59. The molecule has 0 aromatic heterocycles. The zero-order valence-corrected chi connectivity index (χ0v) is 11.8. The van der Waals surface area contributed by atoms with Gasteiger partial charge in [0.25, 0.3) is 0 Å². The molecule has 0 bridgehead atoms. The minimum absolute atomic E-state index is 0.0671. The van der Waals surface area contributed by atoms with E-state index in [0.29, 0.717) is 23.9 Å². The normalized spacial score (nSPS) is 16.2. The van der Waals surface area contributed by atoms with E-state index in [2.05, 4.69) is 4.90 Å². The Bertz CT molecular complexity index is 488. The zero-order chi connectivity index (χ0) is 14.7. The molecule has 2 rings (SSSR count). The van der Waals surface area contributed by atoms with Crippen LogP contribution in [-0.2, 0) is 4.79 Å². The first-order valence-electron chi connectivity index (χ1n) is 6.84. The van der Waals surface area contributed by atoms with E-state index in [4.69, 9.17) is 9.84 Å². The van der Waals surface area contributed by atoms with Crippen LogP contribution in [-0.4, -0.2) is 35.7 Å². The summed E-state index contributed by atoms with van der Waals surface area (Å²) in [5.74, 6) is -0.625. The number of carboxylic acid groups (broad SMARTS) is 1. The van der Waals surface area contributed by atoms with E-state index >= 15 is 0 Å². The van der Waals surface area contributed by atoms with E-state index in [1.807, 2.05) is 6.92 Å². The van der Waals surface area contributed by atoms with Crippen LogP contribution in [0.4, 0.5) is 4.39 Å². The summed E-state index contributed by atoms with van der Waals surface area (Å²) in [6.07, 6.45) is 2.15. The van der Waals surface area contributed by atoms with Gasteiger partial charge in [0.1, 0.15) is 11.6 Å². The van der Waals surface area contributed by atoms with Crippen molar-refractivity contribution >= 4 is 5.97 Å². The molecule has 5 heteroatoms. The third-order valence-corrected chi connectivity index (χ3v) is 3.75. The van der Waals surface area contributed by atoms with Crippen molar-refractivity contribution in [3.63, 3.8) is 0 Å². The highest BCUT2D eigenvalue weighted by molar-refractivity contribution is 5.66. The maximum Gasteiger partial charge on any atom is 0.304 e. The average molecular weight is 281 g/mol. The Morgan fingerprint density at radius 1 is 1.55 bits per heavy atom. The Kier molecular flexibility index (Phi) is 4.60. The van der Waals surface area contributed by atoms with Gasteiger partial charge in [-0.15, -0.1) is 0 Å². The van der Waals surface area contributed by atoms with Crippen molar-refractivity contribution in [2.45, 2.75) is 38.3 Å². The van der Waals surface area contributed by atoms with Crippen molar-refractivity contribution in [1.29, 1.82) is 0 Å². The smallest absolute Gasteiger partial charge is 0.304 e. The predicted octanol–water partition coefficient (Wildman–Crippen LogP) is 2.83. The summed E-state index contributed by atoms with van der Waals surface area (Å²) in [6.45, 7) is 2.33. The minimum atomic E-state index is -0.830. The summed E-state index contributed by atoms with van der Waals surface area (Å²) in [7, 11) is 1.52. The third-order valence-electron chi connectivity index (χ3n) is 3.75. The van der Waals surface area contributed by atoms with Gasteiger partial charge in [-0.2, -0.15) is 0 Å². The number of hydrogen-bond acceptors (Lipinski definition) is 3. The summed E-state index contributed by atoms with van der Waals surface area (Å²) in [6, 6.07) is 4.92. The number of aliphatic carboxylic acids is 1. The average Bonchev–Trinajstić information content (AvgIpc) is 3.22. The molecule has 1 N–H and O–H groups in total. The number of ether oxygens (including phenoxy) is 1. The Morgan fingerprint density at radius 3 is 2.80 bits per heavy atom. The molecule has 1 aromatic carbocycles. The quantitative estimate of drug-likeness (QED) is 0.835. The second-order valence-electron chi connectivity index (χ2n) is 5.14. The van der Waals surface area contributed by atoms with Crippen LogP contribution in [0.3, 0.4) is 0 Å². The Balaban J connectivity index is 2.22. The molecule has 1 aromatic rings. The Hall–Kier alpha value is -1.62. The van der Waals surface area contributed by atoms with E-state index in [-0.39, 0.29) is 18.3 Å². The lowest BCUT2D eigenvalue weighted by Gasteiger charge is -2.30. The van der Waals surface area contributed by atoms with Gasteiger partial charge in [-0.3, -0.25) is 9.69 Å². The summed E-state index contributed by atoms with van der Waals surface area (Å²) >= 11 is 0. The zero-order valence-electron chi connectivity index (χ0n) is 11.8. The topological polar surface area (TPSA) is 49.8 Å². The highest BCUT2D eigenvalue weighted by atomic mass is 19.1. The molecule has 110 valence electrons. The molecule has 0 aliphatic heterocycles. The molecule has 1 saturated carbocycles. The predicted molar refractivity (Wildman–Crippen MR) is 73.3 cm³/mol. The van der Waals surface area contributed by atoms with Gasteiger partial charge in [-0.1, -0.05) is 6.07 Å². The van der Waals surface area contributed by atoms with Crippen LogP contribution in [0.25, 0.3) is 0 Å². The fraction of sp³-hybridized carbons (Fsp3) is 0.533. The van der Waals surface area contributed by atoms with Crippen molar-refractivity contribution in [3.05, 3.63) is 29.6 Å². The molecule has 0 saturated heterocycles. The van der Waals surface area contributed by atoms with Gasteiger partial charge in [-0.05, 0) is 31.9 Å². The second kappa shape index (κ2) is 6.22. The van der Waals surface area contributed by atoms with Crippen molar-refractivity contribution in [2.75, 3.05) is 13.7 Å². The maximum absolute atomic E-state index is 14.1. The first kappa shape index (κ1) is 14.8. The second-order valence-corrected chi connectivity index (χ2v) is 5.14. The number of halogens is 1. The molecule has 1 unspecified atom stereocenters.